The van der Waals surface area contributed by atoms with Crippen LogP contribution >= 0.6 is 0 Å². The summed E-state index contributed by atoms with van der Waals surface area (Å²) in [6.45, 7) is 3.31. The number of carbonyl (C=O) groups is 1. The van der Waals surface area contributed by atoms with E-state index in [1.807, 2.05) is 18.2 Å². The smallest absolute Gasteiger partial charge is 0.251 e. The van der Waals surface area contributed by atoms with Gasteiger partial charge in [0.2, 0.25) is 0 Å². The van der Waals surface area contributed by atoms with Gasteiger partial charge in [-0.25, -0.2) is 0 Å². The number of nitrogens with one attached hydrogen (secondary N) is 1. The van der Waals surface area contributed by atoms with Crippen molar-refractivity contribution < 1.29 is 4.79 Å². The average molecular weight is 423 g/mol. The molecule has 162 valence electrons. The number of anilines is 1. The van der Waals surface area contributed by atoms with Crippen LogP contribution in [-0.2, 0) is 17.8 Å². The Balaban J connectivity index is 1.30. The highest BCUT2D eigenvalue weighted by atomic mass is 16.1. The summed E-state index contributed by atoms with van der Waals surface area (Å²) >= 11 is 0. The molecular weight excluding hydrogens is 392 g/mol. The third-order valence-electron chi connectivity index (χ3n) is 6.58. The first-order chi connectivity index (χ1) is 15.7. The standard InChI is InChI=1S/C29H30N2O/c32-29(30-28-11-7-8-22(18-28)21-31-16-5-2-6-17-31)26-15-13-24-12-14-25(19-27(24)20-26)23-9-3-1-4-10-23/h1,3-4,7-12,14,18-20H,2,5-6,13,15-17,21H2,(H,30,32). The van der Waals surface area contributed by atoms with Crippen molar-refractivity contribution in [2.24, 2.45) is 0 Å². The Morgan fingerprint density at radius 3 is 2.50 bits per heavy atom. The zero-order valence-electron chi connectivity index (χ0n) is 18.5. The van der Waals surface area contributed by atoms with Gasteiger partial charge in [0, 0.05) is 17.8 Å². The minimum atomic E-state index is 0.0101. The molecule has 1 amide bonds. The molecule has 0 radical (unpaired) electrons. The largest absolute Gasteiger partial charge is 0.322 e. The summed E-state index contributed by atoms with van der Waals surface area (Å²) in [5.41, 5.74) is 7.85. The van der Waals surface area contributed by atoms with Crippen LogP contribution in [0.5, 0.6) is 0 Å². The lowest BCUT2D eigenvalue weighted by molar-refractivity contribution is -0.112. The predicted molar refractivity (Wildman–Crippen MR) is 132 cm³/mol. The van der Waals surface area contributed by atoms with Crippen molar-refractivity contribution in [3.63, 3.8) is 0 Å². The second-order valence-electron chi connectivity index (χ2n) is 8.94. The molecule has 5 rings (SSSR count). The van der Waals surface area contributed by atoms with E-state index in [4.69, 9.17) is 0 Å². The van der Waals surface area contributed by atoms with Gasteiger partial charge in [-0.3, -0.25) is 9.69 Å². The number of rotatable bonds is 5. The Morgan fingerprint density at radius 2 is 1.66 bits per heavy atom. The molecule has 32 heavy (non-hydrogen) atoms. The van der Waals surface area contributed by atoms with Crippen LogP contribution in [0.15, 0.2) is 78.4 Å². The zero-order chi connectivity index (χ0) is 21.8. The normalized spacial score (nSPS) is 16.2. The number of fused-ring (bicyclic) bond motifs is 1. The minimum absolute atomic E-state index is 0.0101. The number of carbonyl (C=O) groups excluding carboxylic acids is 1. The van der Waals surface area contributed by atoms with Gasteiger partial charge in [-0.15, -0.1) is 0 Å². The van der Waals surface area contributed by atoms with Gasteiger partial charge in [0.1, 0.15) is 0 Å². The average Bonchev–Trinajstić information content (AvgIpc) is 2.85. The molecule has 0 spiro atoms. The summed E-state index contributed by atoms with van der Waals surface area (Å²) in [7, 11) is 0. The van der Waals surface area contributed by atoms with Gasteiger partial charge in [0.15, 0.2) is 0 Å². The number of amides is 1. The van der Waals surface area contributed by atoms with Gasteiger partial charge >= 0.3 is 0 Å². The molecule has 0 aromatic heterocycles. The van der Waals surface area contributed by atoms with E-state index in [0.717, 1.165) is 36.2 Å². The van der Waals surface area contributed by atoms with Gasteiger partial charge in [-0.05, 0) is 90.9 Å². The molecule has 3 aromatic carbocycles. The topological polar surface area (TPSA) is 32.3 Å². The highest BCUT2D eigenvalue weighted by Crippen LogP contribution is 2.29. The summed E-state index contributed by atoms with van der Waals surface area (Å²) < 4.78 is 0. The molecule has 1 fully saturated rings. The van der Waals surface area contributed by atoms with E-state index in [1.54, 1.807) is 0 Å². The van der Waals surface area contributed by atoms with Crippen LogP contribution < -0.4 is 5.32 Å². The van der Waals surface area contributed by atoms with Crippen LogP contribution in [0.25, 0.3) is 17.2 Å². The monoisotopic (exact) mass is 422 g/mol. The molecule has 0 saturated carbocycles. The maximum Gasteiger partial charge on any atom is 0.251 e. The van der Waals surface area contributed by atoms with Crippen molar-refractivity contribution in [1.29, 1.82) is 0 Å². The lowest BCUT2D eigenvalue weighted by Crippen LogP contribution is -2.29. The summed E-state index contributed by atoms with van der Waals surface area (Å²) in [6.07, 6.45) is 7.67. The maximum absolute atomic E-state index is 13.0. The molecular formula is C29H30N2O. The first kappa shape index (κ1) is 20.7. The lowest BCUT2D eigenvalue weighted by atomic mass is 9.89. The summed E-state index contributed by atoms with van der Waals surface area (Å²) in [5.74, 6) is 0.0101. The molecule has 3 heteroatoms. The van der Waals surface area contributed by atoms with Crippen molar-refractivity contribution in [3.05, 3.63) is 95.1 Å². The summed E-state index contributed by atoms with van der Waals surface area (Å²) in [6, 6.07) is 25.3. The number of piperidine rings is 1. The van der Waals surface area contributed by atoms with E-state index < -0.39 is 0 Å². The number of benzene rings is 3. The Bertz CT molecular complexity index is 1130. The SMILES string of the molecule is O=C(Nc1cccc(CN2CCCCC2)c1)C1=Cc2cc(-c3ccccc3)ccc2CC1. The summed E-state index contributed by atoms with van der Waals surface area (Å²) in [4.78, 5) is 15.6. The molecule has 1 saturated heterocycles. The second-order valence-corrected chi connectivity index (χ2v) is 8.94. The molecule has 0 bridgehead atoms. The van der Waals surface area contributed by atoms with Crippen LogP contribution in [-0.4, -0.2) is 23.9 Å². The Morgan fingerprint density at radius 1 is 0.812 bits per heavy atom. The van der Waals surface area contributed by atoms with E-state index in [-0.39, 0.29) is 5.91 Å². The van der Waals surface area contributed by atoms with Crippen molar-refractivity contribution in [2.45, 2.75) is 38.6 Å². The van der Waals surface area contributed by atoms with E-state index in [1.165, 1.54) is 54.6 Å². The predicted octanol–water partition coefficient (Wildman–Crippen LogP) is 6.31. The molecule has 2 aliphatic rings. The molecule has 3 nitrogen and oxygen atoms in total. The summed E-state index contributed by atoms with van der Waals surface area (Å²) in [5, 5.41) is 3.14. The number of hydrogen-bond donors (Lipinski definition) is 1. The first-order valence-electron chi connectivity index (χ1n) is 11.8. The highest BCUT2D eigenvalue weighted by Gasteiger charge is 2.17. The van der Waals surface area contributed by atoms with Gasteiger partial charge in [-0.1, -0.05) is 61.0 Å². The fourth-order valence-corrected chi connectivity index (χ4v) is 4.81. The first-order valence-corrected chi connectivity index (χ1v) is 11.8. The Labute approximate surface area is 190 Å². The lowest BCUT2D eigenvalue weighted by Gasteiger charge is -2.26. The van der Waals surface area contributed by atoms with E-state index >= 15 is 0 Å². The number of aryl methyl sites for hydroxylation is 1. The number of nitrogens with zero attached hydrogens (tertiary/aromatic N) is 1. The van der Waals surface area contributed by atoms with E-state index in [0.29, 0.717) is 0 Å². The molecule has 1 heterocycles. The fourth-order valence-electron chi connectivity index (χ4n) is 4.81. The van der Waals surface area contributed by atoms with Crippen molar-refractivity contribution in [3.8, 4) is 11.1 Å². The van der Waals surface area contributed by atoms with Crippen molar-refractivity contribution in [2.75, 3.05) is 18.4 Å². The highest BCUT2D eigenvalue weighted by molar-refractivity contribution is 6.07. The van der Waals surface area contributed by atoms with Crippen LogP contribution in [0.1, 0.15) is 42.4 Å². The number of hydrogen-bond acceptors (Lipinski definition) is 2. The quantitative estimate of drug-likeness (QED) is 0.523. The molecule has 1 aliphatic carbocycles. The Hall–Kier alpha value is -3.17. The van der Waals surface area contributed by atoms with Crippen molar-refractivity contribution >= 4 is 17.7 Å². The molecule has 1 N–H and O–H groups in total. The minimum Gasteiger partial charge on any atom is -0.322 e. The number of likely N-dealkylation sites (tertiary alicyclic amines) is 1. The van der Waals surface area contributed by atoms with Crippen LogP contribution in [0, 0.1) is 0 Å². The molecule has 3 aromatic rings. The van der Waals surface area contributed by atoms with E-state index in [9.17, 15) is 4.79 Å². The third-order valence-corrected chi connectivity index (χ3v) is 6.58. The van der Waals surface area contributed by atoms with Crippen molar-refractivity contribution in [1.82, 2.24) is 4.90 Å². The zero-order valence-corrected chi connectivity index (χ0v) is 18.5. The molecule has 0 unspecified atom stereocenters. The van der Waals surface area contributed by atoms with Gasteiger partial charge in [0.25, 0.3) is 5.91 Å². The second kappa shape index (κ2) is 9.54. The fraction of sp³-hybridized carbons (Fsp3) is 0.276. The van der Waals surface area contributed by atoms with Crippen LogP contribution in [0.4, 0.5) is 5.69 Å². The van der Waals surface area contributed by atoms with E-state index in [2.05, 4.69) is 70.9 Å². The van der Waals surface area contributed by atoms with Gasteiger partial charge < -0.3 is 5.32 Å². The molecule has 1 aliphatic heterocycles. The van der Waals surface area contributed by atoms with Gasteiger partial charge in [0.05, 0.1) is 0 Å². The Kier molecular flexibility index (Phi) is 6.17. The van der Waals surface area contributed by atoms with Crippen LogP contribution in [0.2, 0.25) is 0 Å². The third kappa shape index (κ3) is 4.84. The molecule has 0 atom stereocenters. The van der Waals surface area contributed by atoms with Gasteiger partial charge in [-0.2, -0.15) is 0 Å². The van der Waals surface area contributed by atoms with Crippen LogP contribution in [0.3, 0.4) is 0 Å². The maximum atomic E-state index is 13.0.